The van der Waals surface area contributed by atoms with E-state index in [1.54, 1.807) is 12.1 Å². The first-order chi connectivity index (χ1) is 9.42. The molecule has 1 unspecified atom stereocenters. The molecular weight excluding hydrogens is 276 g/mol. The van der Waals surface area contributed by atoms with Gasteiger partial charge in [0.1, 0.15) is 6.04 Å². The van der Waals surface area contributed by atoms with Gasteiger partial charge in [0.25, 0.3) is 0 Å². The first kappa shape index (κ1) is 15.0. The fraction of sp³-hybridized carbons (Fsp3) is 0.500. The van der Waals surface area contributed by atoms with E-state index in [4.69, 9.17) is 0 Å². The molecule has 6 heteroatoms. The topological polar surface area (TPSA) is 66.5 Å². The van der Waals surface area contributed by atoms with Crippen LogP contribution in [0.2, 0.25) is 0 Å². The van der Waals surface area contributed by atoms with Gasteiger partial charge in [-0.25, -0.2) is 8.42 Å². The molecule has 0 aromatic heterocycles. The van der Waals surface area contributed by atoms with Crippen LogP contribution in [0.25, 0.3) is 0 Å². The minimum atomic E-state index is -3.49. The zero-order valence-corrected chi connectivity index (χ0v) is 12.6. The van der Waals surface area contributed by atoms with Crippen LogP contribution >= 0.6 is 0 Å². The van der Waals surface area contributed by atoms with Gasteiger partial charge in [0.05, 0.1) is 5.75 Å². The van der Waals surface area contributed by atoms with Crippen molar-refractivity contribution in [2.45, 2.75) is 25.6 Å². The Labute approximate surface area is 120 Å². The highest BCUT2D eigenvalue weighted by Gasteiger charge is 2.39. The lowest BCUT2D eigenvalue weighted by molar-refractivity contribution is -0.128. The molecule has 5 nitrogen and oxygen atoms in total. The van der Waals surface area contributed by atoms with E-state index in [9.17, 15) is 13.2 Å². The van der Waals surface area contributed by atoms with Gasteiger partial charge in [-0.1, -0.05) is 44.2 Å². The van der Waals surface area contributed by atoms with E-state index >= 15 is 0 Å². The number of rotatable bonds is 4. The van der Waals surface area contributed by atoms with Gasteiger partial charge in [-0.05, 0) is 11.5 Å². The molecule has 1 N–H and O–H groups in total. The van der Waals surface area contributed by atoms with Crippen molar-refractivity contribution < 1.29 is 13.2 Å². The Morgan fingerprint density at radius 1 is 1.30 bits per heavy atom. The molecule has 0 saturated carbocycles. The number of benzene rings is 1. The molecule has 20 heavy (non-hydrogen) atoms. The lowest BCUT2D eigenvalue weighted by Gasteiger charge is -2.36. The van der Waals surface area contributed by atoms with Crippen molar-refractivity contribution in [1.29, 1.82) is 0 Å². The second-order valence-electron chi connectivity index (χ2n) is 5.33. The van der Waals surface area contributed by atoms with Crippen LogP contribution in [0.3, 0.4) is 0 Å². The lowest BCUT2D eigenvalue weighted by atomic mass is 10.0. The maximum Gasteiger partial charge on any atom is 0.238 e. The average Bonchev–Trinajstić information content (AvgIpc) is 2.38. The number of sulfonamides is 1. The molecule has 1 heterocycles. The summed E-state index contributed by atoms with van der Waals surface area (Å²) in [6.07, 6.45) is 0. The Morgan fingerprint density at radius 3 is 2.55 bits per heavy atom. The van der Waals surface area contributed by atoms with E-state index in [-0.39, 0.29) is 17.6 Å². The van der Waals surface area contributed by atoms with E-state index in [0.717, 1.165) is 5.56 Å². The number of nitrogens with zero attached hydrogens (tertiary/aromatic N) is 1. The summed E-state index contributed by atoms with van der Waals surface area (Å²) in [5.41, 5.74) is 0.737. The van der Waals surface area contributed by atoms with Crippen molar-refractivity contribution >= 4 is 15.9 Å². The summed E-state index contributed by atoms with van der Waals surface area (Å²) in [5, 5.41) is 2.73. The number of carbonyl (C=O) groups is 1. The molecule has 1 aromatic rings. The Kier molecular flexibility index (Phi) is 4.45. The predicted molar refractivity (Wildman–Crippen MR) is 77.4 cm³/mol. The van der Waals surface area contributed by atoms with Crippen LogP contribution in [0.1, 0.15) is 19.4 Å². The summed E-state index contributed by atoms with van der Waals surface area (Å²) in [7, 11) is -3.49. The Morgan fingerprint density at radius 2 is 1.95 bits per heavy atom. The Bertz CT molecular complexity index is 569. The van der Waals surface area contributed by atoms with Gasteiger partial charge in [0.15, 0.2) is 0 Å². The highest BCUT2D eigenvalue weighted by Crippen LogP contribution is 2.20. The van der Waals surface area contributed by atoms with Crippen molar-refractivity contribution in [3.63, 3.8) is 0 Å². The summed E-state index contributed by atoms with van der Waals surface area (Å²) < 4.78 is 26.5. The average molecular weight is 296 g/mol. The summed E-state index contributed by atoms with van der Waals surface area (Å²) in [6, 6.07) is 8.43. The molecule has 0 aliphatic carbocycles. The van der Waals surface area contributed by atoms with Gasteiger partial charge in [-0.3, -0.25) is 4.79 Å². The van der Waals surface area contributed by atoms with E-state index in [1.807, 2.05) is 32.0 Å². The van der Waals surface area contributed by atoms with Crippen molar-refractivity contribution in [1.82, 2.24) is 9.62 Å². The van der Waals surface area contributed by atoms with Crippen LogP contribution in [-0.2, 0) is 20.6 Å². The number of piperazine rings is 1. The summed E-state index contributed by atoms with van der Waals surface area (Å²) in [5.74, 6) is -0.326. The van der Waals surface area contributed by atoms with Crippen LogP contribution in [-0.4, -0.2) is 37.8 Å². The smallest absolute Gasteiger partial charge is 0.238 e. The van der Waals surface area contributed by atoms with Crippen molar-refractivity contribution in [3.05, 3.63) is 35.9 Å². The van der Waals surface area contributed by atoms with Crippen molar-refractivity contribution in [2.24, 2.45) is 5.92 Å². The summed E-state index contributed by atoms with van der Waals surface area (Å²) in [6.45, 7) is 4.43. The van der Waals surface area contributed by atoms with Gasteiger partial charge >= 0.3 is 0 Å². The van der Waals surface area contributed by atoms with Gasteiger partial charge in [0, 0.05) is 13.1 Å². The highest BCUT2D eigenvalue weighted by atomic mass is 32.2. The number of amides is 1. The third-order valence-corrected chi connectivity index (χ3v) is 5.21. The van der Waals surface area contributed by atoms with E-state index in [1.165, 1.54) is 4.31 Å². The number of hydrogen-bond donors (Lipinski definition) is 1. The Hall–Kier alpha value is -1.40. The largest absolute Gasteiger partial charge is 0.353 e. The number of nitrogens with one attached hydrogen (secondary N) is 1. The third kappa shape index (κ3) is 3.19. The summed E-state index contributed by atoms with van der Waals surface area (Å²) >= 11 is 0. The fourth-order valence-electron chi connectivity index (χ4n) is 2.48. The second kappa shape index (κ2) is 5.93. The normalized spacial score (nSPS) is 20.9. The molecule has 0 bridgehead atoms. The molecule has 1 atom stereocenters. The van der Waals surface area contributed by atoms with Crippen molar-refractivity contribution in [3.8, 4) is 0 Å². The molecule has 1 saturated heterocycles. The zero-order valence-electron chi connectivity index (χ0n) is 11.7. The zero-order chi connectivity index (χ0) is 14.8. The molecule has 1 fully saturated rings. The van der Waals surface area contributed by atoms with Gasteiger partial charge in [-0.2, -0.15) is 4.31 Å². The van der Waals surface area contributed by atoms with Crippen LogP contribution in [0.15, 0.2) is 30.3 Å². The first-order valence-corrected chi connectivity index (χ1v) is 8.34. The quantitative estimate of drug-likeness (QED) is 0.900. The van der Waals surface area contributed by atoms with Crippen LogP contribution in [0, 0.1) is 5.92 Å². The summed E-state index contributed by atoms with van der Waals surface area (Å²) in [4.78, 5) is 11.9. The minimum Gasteiger partial charge on any atom is -0.353 e. The van der Waals surface area contributed by atoms with Crippen LogP contribution in [0.4, 0.5) is 0 Å². The molecular formula is C14H20N2O3S. The minimum absolute atomic E-state index is 0.0548. The molecule has 2 rings (SSSR count). The molecule has 0 spiro atoms. The molecule has 1 aliphatic rings. The van der Waals surface area contributed by atoms with Crippen LogP contribution in [0.5, 0.6) is 0 Å². The highest BCUT2D eigenvalue weighted by molar-refractivity contribution is 7.88. The Balaban J connectivity index is 2.25. The molecule has 110 valence electrons. The van der Waals surface area contributed by atoms with Crippen LogP contribution < -0.4 is 5.32 Å². The third-order valence-electron chi connectivity index (χ3n) is 3.39. The fourth-order valence-corrected chi connectivity index (χ4v) is 4.31. The monoisotopic (exact) mass is 296 g/mol. The SMILES string of the molecule is CC(C)C1C(=O)NCCN1S(=O)(=O)Cc1ccccc1. The lowest BCUT2D eigenvalue weighted by Crippen LogP contribution is -2.59. The number of carbonyl (C=O) groups excluding carboxylic acids is 1. The van der Waals surface area contributed by atoms with Gasteiger partial charge < -0.3 is 5.32 Å². The van der Waals surface area contributed by atoms with E-state index in [0.29, 0.717) is 13.1 Å². The maximum atomic E-state index is 12.6. The first-order valence-electron chi connectivity index (χ1n) is 6.73. The second-order valence-corrected chi connectivity index (χ2v) is 7.25. The number of hydrogen-bond acceptors (Lipinski definition) is 3. The van der Waals surface area contributed by atoms with Gasteiger partial charge in [-0.15, -0.1) is 0 Å². The van der Waals surface area contributed by atoms with E-state index < -0.39 is 16.1 Å². The van der Waals surface area contributed by atoms with E-state index in [2.05, 4.69) is 5.32 Å². The van der Waals surface area contributed by atoms with Crippen molar-refractivity contribution in [2.75, 3.05) is 13.1 Å². The molecule has 1 amide bonds. The molecule has 0 radical (unpaired) electrons. The molecule has 1 aliphatic heterocycles. The molecule has 1 aromatic carbocycles. The maximum absolute atomic E-state index is 12.6. The standard InChI is InChI=1S/C14H20N2O3S/c1-11(2)13-14(17)15-8-9-16(13)20(18,19)10-12-6-4-3-5-7-12/h3-7,11,13H,8-10H2,1-2H3,(H,15,17). The van der Waals surface area contributed by atoms with Gasteiger partial charge in [0.2, 0.25) is 15.9 Å². The predicted octanol–water partition coefficient (Wildman–Crippen LogP) is 0.973.